The summed E-state index contributed by atoms with van der Waals surface area (Å²) in [4.78, 5) is 2.42. The van der Waals surface area contributed by atoms with Crippen LogP contribution in [-0.4, -0.2) is 29.6 Å². The van der Waals surface area contributed by atoms with Crippen LogP contribution in [0.2, 0.25) is 0 Å². The highest BCUT2D eigenvalue weighted by Crippen LogP contribution is 2.43. The number of nitrogens with two attached hydrogens (primary N) is 1. The number of benzene rings is 1. The van der Waals surface area contributed by atoms with Crippen LogP contribution in [0, 0.1) is 5.82 Å². The predicted octanol–water partition coefficient (Wildman–Crippen LogP) is 2.46. The highest BCUT2D eigenvalue weighted by molar-refractivity contribution is 5.39. The topological polar surface area (TPSA) is 38.5 Å². The van der Waals surface area contributed by atoms with Crippen molar-refractivity contribution in [3.05, 3.63) is 29.6 Å². The minimum Gasteiger partial charge on any atom is -0.485 e. The molecule has 3 rings (SSSR count). The molecule has 4 heteroatoms. The molecule has 2 atom stereocenters. The Kier molecular flexibility index (Phi) is 3.02. The van der Waals surface area contributed by atoms with Gasteiger partial charge in [-0.2, -0.15) is 0 Å². The van der Waals surface area contributed by atoms with Gasteiger partial charge in [0.05, 0.1) is 0 Å². The summed E-state index contributed by atoms with van der Waals surface area (Å²) in [6.07, 6.45) is 1.77. The molecule has 2 heterocycles. The van der Waals surface area contributed by atoms with Crippen molar-refractivity contribution in [1.82, 2.24) is 4.90 Å². The maximum Gasteiger partial charge on any atom is 0.125 e. The molecule has 2 aliphatic rings. The molecule has 19 heavy (non-hydrogen) atoms. The van der Waals surface area contributed by atoms with E-state index in [0.717, 1.165) is 37.2 Å². The van der Waals surface area contributed by atoms with E-state index in [2.05, 4.69) is 18.7 Å². The molecule has 0 saturated carbocycles. The van der Waals surface area contributed by atoms with Gasteiger partial charge in [0, 0.05) is 43.6 Å². The van der Waals surface area contributed by atoms with Crippen LogP contribution < -0.4 is 10.5 Å². The van der Waals surface area contributed by atoms with Crippen molar-refractivity contribution in [2.75, 3.05) is 13.1 Å². The number of nitrogens with zero attached hydrogens (tertiary/aromatic N) is 1. The van der Waals surface area contributed by atoms with Crippen LogP contribution >= 0.6 is 0 Å². The first-order chi connectivity index (χ1) is 8.99. The largest absolute Gasteiger partial charge is 0.485 e. The fourth-order valence-electron chi connectivity index (χ4n) is 3.25. The third-order valence-electron chi connectivity index (χ3n) is 4.37. The van der Waals surface area contributed by atoms with Crippen LogP contribution in [0.4, 0.5) is 4.39 Å². The van der Waals surface area contributed by atoms with Gasteiger partial charge < -0.3 is 10.5 Å². The fourth-order valence-corrected chi connectivity index (χ4v) is 3.25. The minimum atomic E-state index is -0.246. The maximum atomic E-state index is 13.3. The molecule has 104 valence electrons. The summed E-state index contributed by atoms with van der Waals surface area (Å²) in [5.74, 6) is 0.509. The van der Waals surface area contributed by atoms with E-state index < -0.39 is 0 Å². The van der Waals surface area contributed by atoms with Gasteiger partial charge in [-0.05, 0) is 32.0 Å². The molecule has 2 unspecified atom stereocenters. The summed E-state index contributed by atoms with van der Waals surface area (Å²) in [7, 11) is 0. The Morgan fingerprint density at radius 3 is 2.95 bits per heavy atom. The molecule has 0 radical (unpaired) electrons. The second-order valence-electron chi connectivity index (χ2n) is 6.09. The van der Waals surface area contributed by atoms with Crippen molar-refractivity contribution < 1.29 is 9.13 Å². The van der Waals surface area contributed by atoms with Crippen molar-refractivity contribution in [2.24, 2.45) is 5.73 Å². The van der Waals surface area contributed by atoms with Crippen molar-refractivity contribution in [3.63, 3.8) is 0 Å². The third-order valence-corrected chi connectivity index (χ3v) is 4.37. The average Bonchev–Trinajstić information content (AvgIpc) is 2.74. The quantitative estimate of drug-likeness (QED) is 0.847. The van der Waals surface area contributed by atoms with Gasteiger partial charge in [-0.25, -0.2) is 4.39 Å². The van der Waals surface area contributed by atoms with E-state index in [9.17, 15) is 4.39 Å². The zero-order valence-electron chi connectivity index (χ0n) is 11.5. The number of halogens is 1. The Bertz CT molecular complexity index is 491. The van der Waals surface area contributed by atoms with Gasteiger partial charge in [0.25, 0.3) is 0 Å². The van der Waals surface area contributed by atoms with Crippen molar-refractivity contribution >= 4 is 0 Å². The second-order valence-corrected chi connectivity index (χ2v) is 6.09. The van der Waals surface area contributed by atoms with E-state index in [4.69, 9.17) is 10.5 Å². The molecular weight excluding hydrogens is 243 g/mol. The van der Waals surface area contributed by atoms with Crippen LogP contribution in [0.25, 0.3) is 0 Å². The Labute approximate surface area is 113 Å². The summed E-state index contributed by atoms with van der Waals surface area (Å²) in [5.41, 5.74) is 6.84. The zero-order valence-corrected chi connectivity index (χ0v) is 11.5. The molecule has 0 amide bonds. The molecule has 0 aliphatic carbocycles. The smallest absolute Gasteiger partial charge is 0.125 e. The number of hydrogen-bond donors (Lipinski definition) is 1. The summed E-state index contributed by atoms with van der Waals surface area (Å²) in [5, 5.41) is 0. The molecular formula is C15H21FN2O. The Morgan fingerprint density at radius 1 is 1.47 bits per heavy atom. The molecule has 1 aromatic carbocycles. The van der Waals surface area contributed by atoms with Crippen LogP contribution in [0.1, 0.15) is 38.3 Å². The van der Waals surface area contributed by atoms with E-state index in [1.54, 1.807) is 6.07 Å². The van der Waals surface area contributed by atoms with Gasteiger partial charge in [-0.1, -0.05) is 0 Å². The van der Waals surface area contributed by atoms with Gasteiger partial charge in [0.2, 0.25) is 0 Å². The molecule has 3 nitrogen and oxygen atoms in total. The van der Waals surface area contributed by atoms with Crippen molar-refractivity contribution in [2.45, 2.75) is 44.4 Å². The number of hydrogen-bond acceptors (Lipinski definition) is 3. The summed E-state index contributed by atoms with van der Waals surface area (Å²) in [6, 6.07) is 5.05. The standard InChI is InChI=1S/C15H21FN2O/c1-10(2)18-6-5-15(9-18)8-13(17)12-7-11(16)3-4-14(12)19-15/h3-4,7,10,13H,5-6,8-9,17H2,1-2H3. The Hall–Kier alpha value is -1.13. The predicted molar refractivity (Wildman–Crippen MR) is 72.6 cm³/mol. The first kappa shape index (κ1) is 12.9. The second kappa shape index (κ2) is 4.46. The molecule has 1 fully saturated rings. The number of likely N-dealkylation sites (tertiary alicyclic amines) is 1. The van der Waals surface area contributed by atoms with E-state index in [1.165, 1.54) is 12.1 Å². The van der Waals surface area contributed by atoms with Crippen LogP contribution in [-0.2, 0) is 0 Å². The maximum absolute atomic E-state index is 13.3. The minimum absolute atomic E-state index is 0.133. The first-order valence-electron chi connectivity index (χ1n) is 6.97. The van der Waals surface area contributed by atoms with E-state index in [1.807, 2.05) is 0 Å². The average molecular weight is 264 g/mol. The molecule has 2 aliphatic heterocycles. The van der Waals surface area contributed by atoms with Gasteiger partial charge in [0.15, 0.2) is 0 Å². The summed E-state index contributed by atoms with van der Waals surface area (Å²) < 4.78 is 19.5. The molecule has 1 saturated heterocycles. The lowest BCUT2D eigenvalue weighted by Crippen LogP contribution is -2.46. The van der Waals surface area contributed by atoms with Crippen LogP contribution in [0.3, 0.4) is 0 Å². The normalized spacial score (nSPS) is 30.7. The lowest BCUT2D eigenvalue weighted by Gasteiger charge is -2.39. The van der Waals surface area contributed by atoms with Crippen LogP contribution in [0.15, 0.2) is 18.2 Å². The highest BCUT2D eigenvalue weighted by Gasteiger charge is 2.45. The summed E-state index contributed by atoms with van der Waals surface area (Å²) in [6.45, 7) is 6.35. The number of rotatable bonds is 1. The van der Waals surface area contributed by atoms with Gasteiger partial charge in [-0.3, -0.25) is 4.90 Å². The zero-order chi connectivity index (χ0) is 13.6. The summed E-state index contributed by atoms with van der Waals surface area (Å²) >= 11 is 0. The third kappa shape index (κ3) is 2.23. The number of ether oxygens (including phenoxy) is 1. The molecule has 1 aromatic rings. The van der Waals surface area contributed by atoms with E-state index in [0.29, 0.717) is 6.04 Å². The van der Waals surface area contributed by atoms with E-state index in [-0.39, 0.29) is 17.5 Å². The van der Waals surface area contributed by atoms with Gasteiger partial charge in [-0.15, -0.1) is 0 Å². The highest BCUT2D eigenvalue weighted by atomic mass is 19.1. The SMILES string of the molecule is CC(C)N1CCC2(CC(N)c3cc(F)ccc3O2)C1. The van der Waals surface area contributed by atoms with E-state index >= 15 is 0 Å². The first-order valence-corrected chi connectivity index (χ1v) is 6.97. The molecule has 0 bridgehead atoms. The lowest BCUT2D eigenvalue weighted by molar-refractivity contribution is 0.0407. The monoisotopic (exact) mass is 264 g/mol. The van der Waals surface area contributed by atoms with Gasteiger partial charge >= 0.3 is 0 Å². The molecule has 0 aromatic heterocycles. The fraction of sp³-hybridized carbons (Fsp3) is 0.600. The Balaban J connectivity index is 1.87. The van der Waals surface area contributed by atoms with Crippen molar-refractivity contribution in [1.29, 1.82) is 0 Å². The lowest BCUT2D eigenvalue weighted by atomic mass is 9.87. The van der Waals surface area contributed by atoms with Gasteiger partial charge in [0.1, 0.15) is 17.2 Å². The number of fused-ring (bicyclic) bond motifs is 1. The molecule has 1 spiro atoms. The Morgan fingerprint density at radius 2 is 2.26 bits per heavy atom. The van der Waals surface area contributed by atoms with Crippen LogP contribution in [0.5, 0.6) is 5.75 Å². The molecule has 2 N–H and O–H groups in total. The van der Waals surface area contributed by atoms with Crippen molar-refractivity contribution in [3.8, 4) is 5.75 Å².